The van der Waals surface area contributed by atoms with Crippen molar-refractivity contribution in [3.63, 3.8) is 0 Å². The van der Waals surface area contributed by atoms with Crippen LogP contribution in [0.5, 0.6) is 0 Å². The molecule has 0 radical (unpaired) electrons. The first-order valence-corrected chi connectivity index (χ1v) is 7.87. The maximum atomic E-state index is 13.3. The standard InChI is InChI=1S/C21H15NO2/c23-19-16-10-4-5-11-17(16)20(24)21(19,18-12-6-7-13-22-18)14-15-8-2-1-3-9-15/h1-13H,14H2. The van der Waals surface area contributed by atoms with Gasteiger partial charge in [0.1, 0.15) is 5.41 Å². The number of rotatable bonds is 3. The number of benzene rings is 2. The van der Waals surface area contributed by atoms with E-state index < -0.39 is 5.41 Å². The molecule has 0 saturated heterocycles. The second-order valence-corrected chi connectivity index (χ2v) is 5.99. The highest BCUT2D eigenvalue weighted by Gasteiger charge is 2.54. The van der Waals surface area contributed by atoms with Gasteiger partial charge in [-0.3, -0.25) is 14.6 Å². The van der Waals surface area contributed by atoms with Gasteiger partial charge in [0.25, 0.3) is 0 Å². The zero-order valence-electron chi connectivity index (χ0n) is 13.0. The highest BCUT2D eigenvalue weighted by Crippen LogP contribution is 2.41. The van der Waals surface area contributed by atoms with E-state index in [1.54, 1.807) is 42.6 Å². The fourth-order valence-corrected chi connectivity index (χ4v) is 3.44. The minimum absolute atomic E-state index is 0.161. The van der Waals surface area contributed by atoms with Crippen LogP contribution in [-0.4, -0.2) is 16.6 Å². The molecule has 4 rings (SSSR count). The SMILES string of the molecule is O=C1c2ccccc2C(=O)C1(Cc1ccccc1)c1ccccn1. The molecule has 0 bridgehead atoms. The van der Waals surface area contributed by atoms with Crippen molar-refractivity contribution in [2.75, 3.05) is 0 Å². The van der Waals surface area contributed by atoms with Crippen LogP contribution in [0.15, 0.2) is 79.0 Å². The molecule has 3 aromatic rings. The van der Waals surface area contributed by atoms with Crippen LogP contribution in [0.4, 0.5) is 0 Å². The quantitative estimate of drug-likeness (QED) is 0.694. The lowest BCUT2D eigenvalue weighted by Crippen LogP contribution is -2.41. The number of fused-ring (bicyclic) bond motifs is 1. The number of hydrogen-bond donors (Lipinski definition) is 0. The van der Waals surface area contributed by atoms with E-state index in [2.05, 4.69) is 4.98 Å². The van der Waals surface area contributed by atoms with E-state index in [1.165, 1.54) is 0 Å². The molecule has 0 N–H and O–H groups in total. The summed E-state index contributed by atoms with van der Waals surface area (Å²) in [5.41, 5.74) is 1.16. The Kier molecular flexibility index (Phi) is 3.35. The third-order valence-electron chi connectivity index (χ3n) is 4.61. The molecule has 0 fully saturated rings. The molecule has 0 atom stereocenters. The average molecular weight is 313 g/mol. The highest BCUT2D eigenvalue weighted by molar-refractivity contribution is 6.33. The summed E-state index contributed by atoms with van der Waals surface area (Å²) >= 11 is 0. The summed E-state index contributed by atoms with van der Waals surface area (Å²) in [6.45, 7) is 0. The lowest BCUT2D eigenvalue weighted by atomic mass is 9.74. The Morgan fingerprint density at radius 3 is 1.88 bits per heavy atom. The number of nitrogens with zero attached hydrogens (tertiary/aromatic N) is 1. The summed E-state index contributed by atoms with van der Waals surface area (Å²) < 4.78 is 0. The van der Waals surface area contributed by atoms with Gasteiger partial charge in [0.2, 0.25) is 0 Å². The molecule has 0 saturated carbocycles. The zero-order valence-corrected chi connectivity index (χ0v) is 13.0. The van der Waals surface area contributed by atoms with E-state index in [1.807, 2.05) is 36.4 Å². The molecule has 1 aliphatic carbocycles. The third kappa shape index (κ3) is 2.02. The van der Waals surface area contributed by atoms with Crippen molar-refractivity contribution in [1.29, 1.82) is 0 Å². The van der Waals surface area contributed by atoms with Gasteiger partial charge in [-0.2, -0.15) is 0 Å². The van der Waals surface area contributed by atoms with E-state index in [0.29, 0.717) is 23.2 Å². The van der Waals surface area contributed by atoms with E-state index in [0.717, 1.165) is 5.56 Å². The molecule has 0 amide bonds. The van der Waals surface area contributed by atoms with Crippen molar-refractivity contribution in [3.8, 4) is 0 Å². The molecule has 116 valence electrons. The Labute approximate surface area is 140 Å². The zero-order chi connectivity index (χ0) is 16.6. The first-order chi connectivity index (χ1) is 11.7. The van der Waals surface area contributed by atoms with Crippen molar-refractivity contribution in [1.82, 2.24) is 4.98 Å². The first kappa shape index (κ1) is 14.5. The van der Waals surface area contributed by atoms with Crippen LogP contribution in [-0.2, 0) is 11.8 Å². The maximum absolute atomic E-state index is 13.3. The van der Waals surface area contributed by atoms with Crippen LogP contribution in [0.1, 0.15) is 32.0 Å². The number of carbonyl (C=O) groups excluding carboxylic acids is 2. The molecule has 1 heterocycles. The Hall–Kier alpha value is -3.07. The number of pyridine rings is 1. The third-order valence-corrected chi connectivity index (χ3v) is 4.61. The number of hydrogen-bond acceptors (Lipinski definition) is 3. The van der Waals surface area contributed by atoms with Crippen LogP contribution in [0.2, 0.25) is 0 Å². The summed E-state index contributed by atoms with van der Waals surface area (Å²) in [7, 11) is 0. The Morgan fingerprint density at radius 1 is 0.708 bits per heavy atom. The van der Waals surface area contributed by atoms with Gasteiger partial charge >= 0.3 is 0 Å². The second-order valence-electron chi connectivity index (χ2n) is 5.99. The fraction of sp³-hybridized carbons (Fsp3) is 0.0952. The smallest absolute Gasteiger partial charge is 0.183 e. The number of Topliss-reactive ketones (excluding diaryl/α,β-unsaturated/α-hetero) is 2. The summed E-state index contributed by atoms with van der Waals surface area (Å²) in [4.78, 5) is 30.9. The van der Waals surface area contributed by atoms with Gasteiger partial charge in [-0.15, -0.1) is 0 Å². The van der Waals surface area contributed by atoms with E-state index >= 15 is 0 Å². The molecular weight excluding hydrogens is 298 g/mol. The van der Waals surface area contributed by atoms with Gasteiger partial charge in [-0.1, -0.05) is 60.7 Å². The van der Waals surface area contributed by atoms with Gasteiger partial charge in [-0.25, -0.2) is 0 Å². The van der Waals surface area contributed by atoms with Crippen LogP contribution in [0.3, 0.4) is 0 Å². The van der Waals surface area contributed by atoms with Gasteiger partial charge in [-0.05, 0) is 24.1 Å². The van der Waals surface area contributed by atoms with Crippen LogP contribution in [0, 0.1) is 0 Å². The van der Waals surface area contributed by atoms with Crippen molar-refractivity contribution in [2.24, 2.45) is 0 Å². The van der Waals surface area contributed by atoms with Crippen LogP contribution in [0.25, 0.3) is 0 Å². The summed E-state index contributed by atoms with van der Waals surface area (Å²) in [6.07, 6.45) is 1.95. The molecule has 0 aliphatic heterocycles. The fourth-order valence-electron chi connectivity index (χ4n) is 3.44. The van der Waals surface area contributed by atoms with Crippen molar-refractivity contribution < 1.29 is 9.59 Å². The Morgan fingerprint density at radius 2 is 1.29 bits per heavy atom. The summed E-state index contributed by atoms with van der Waals surface area (Å²) in [5.74, 6) is -0.323. The minimum Gasteiger partial charge on any atom is -0.293 e. The minimum atomic E-state index is -1.27. The monoisotopic (exact) mass is 313 g/mol. The largest absolute Gasteiger partial charge is 0.293 e. The lowest BCUT2D eigenvalue weighted by molar-refractivity contribution is 0.0789. The molecule has 0 unspecified atom stereocenters. The number of aromatic nitrogens is 1. The van der Waals surface area contributed by atoms with Gasteiger partial charge < -0.3 is 0 Å². The summed E-state index contributed by atoms with van der Waals surface area (Å²) in [6, 6.07) is 22.0. The van der Waals surface area contributed by atoms with Gasteiger partial charge in [0.15, 0.2) is 11.6 Å². The van der Waals surface area contributed by atoms with Crippen LogP contribution >= 0.6 is 0 Å². The van der Waals surface area contributed by atoms with Crippen LogP contribution < -0.4 is 0 Å². The number of ketones is 2. The normalized spacial score (nSPS) is 15.3. The maximum Gasteiger partial charge on any atom is 0.183 e. The lowest BCUT2D eigenvalue weighted by Gasteiger charge is -2.25. The molecule has 1 aliphatic rings. The molecule has 0 spiro atoms. The molecule has 2 aromatic carbocycles. The first-order valence-electron chi connectivity index (χ1n) is 7.87. The second kappa shape index (κ2) is 5.53. The summed E-state index contributed by atoms with van der Waals surface area (Å²) in [5, 5.41) is 0. The molecule has 3 heteroatoms. The topological polar surface area (TPSA) is 47.0 Å². The molecule has 24 heavy (non-hydrogen) atoms. The van der Waals surface area contributed by atoms with E-state index in [-0.39, 0.29) is 11.6 Å². The molecule has 1 aromatic heterocycles. The molecular formula is C21H15NO2. The van der Waals surface area contributed by atoms with Crippen molar-refractivity contribution in [3.05, 3.63) is 101 Å². The predicted molar refractivity (Wildman–Crippen MR) is 91.2 cm³/mol. The Balaban J connectivity index is 1.93. The van der Waals surface area contributed by atoms with Crippen molar-refractivity contribution >= 4 is 11.6 Å². The average Bonchev–Trinajstić information content (AvgIpc) is 2.86. The highest BCUT2D eigenvalue weighted by atomic mass is 16.2. The van der Waals surface area contributed by atoms with E-state index in [4.69, 9.17) is 0 Å². The Bertz CT molecular complexity index is 882. The van der Waals surface area contributed by atoms with Crippen molar-refractivity contribution in [2.45, 2.75) is 11.8 Å². The van der Waals surface area contributed by atoms with Gasteiger partial charge in [0, 0.05) is 17.3 Å². The molecule has 3 nitrogen and oxygen atoms in total. The number of carbonyl (C=O) groups is 2. The van der Waals surface area contributed by atoms with Gasteiger partial charge in [0.05, 0.1) is 5.69 Å². The van der Waals surface area contributed by atoms with E-state index in [9.17, 15) is 9.59 Å². The predicted octanol–water partition coefficient (Wildman–Crippen LogP) is 3.64.